The Labute approximate surface area is 113 Å². The molecule has 0 heterocycles. The van der Waals surface area contributed by atoms with Crippen LogP contribution in [0.3, 0.4) is 0 Å². The maximum absolute atomic E-state index is 12.2. The Kier molecular flexibility index (Phi) is 5.02. The topological polar surface area (TPSA) is 61.8 Å². The van der Waals surface area contributed by atoms with Crippen molar-refractivity contribution >= 4 is 17.4 Å². The summed E-state index contributed by atoms with van der Waals surface area (Å²) in [5, 5.41) is 11.6. The Hall–Kier alpha value is -1.47. The highest BCUT2D eigenvalue weighted by molar-refractivity contribution is 6.31. The zero-order valence-corrected chi connectivity index (χ0v) is 10.8. The molecule has 0 fully saturated rings. The average molecular weight is 296 g/mol. The van der Waals surface area contributed by atoms with Crippen LogP contribution in [-0.2, 0) is 6.54 Å². The molecule has 0 aliphatic carbocycles. The highest BCUT2D eigenvalue weighted by Gasteiger charge is 2.29. The summed E-state index contributed by atoms with van der Waals surface area (Å²) < 4.78 is 36.6. The lowest BCUT2D eigenvalue weighted by atomic mass is 10.1. The standard InChI is InChI=1S/C11H13ClF3N3O/c1-18(6-11(13,14)15)5-8-3-2-7(4-9(8)12)10(16)17-19/h2-4,19H,5-6H2,1H3,(H2,16,17). The Morgan fingerprint density at radius 2 is 2.11 bits per heavy atom. The van der Waals surface area contributed by atoms with Gasteiger partial charge >= 0.3 is 6.18 Å². The van der Waals surface area contributed by atoms with E-state index in [1.165, 1.54) is 19.2 Å². The maximum Gasteiger partial charge on any atom is 0.401 e. The van der Waals surface area contributed by atoms with Gasteiger partial charge in [0.2, 0.25) is 0 Å². The molecule has 1 aromatic rings. The molecule has 0 aromatic heterocycles. The molecule has 1 rings (SSSR count). The van der Waals surface area contributed by atoms with Crippen molar-refractivity contribution in [1.82, 2.24) is 4.90 Å². The molecule has 0 aliphatic heterocycles. The molecule has 0 aliphatic rings. The summed E-state index contributed by atoms with van der Waals surface area (Å²) in [6, 6.07) is 4.51. The first-order valence-electron chi connectivity index (χ1n) is 5.24. The van der Waals surface area contributed by atoms with Gasteiger partial charge in [0.1, 0.15) is 0 Å². The third kappa shape index (κ3) is 4.96. The van der Waals surface area contributed by atoms with E-state index >= 15 is 0 Å². The van der Waals surface area contributed by atoms with Gasteiger partial charge in [-0.05, 0) is 18.7 Å². The van der Waals surface area contributed by atoms with Crippen molar-refractivity contribution in [2.75, 3.05) is 13.6 Å². The minimum absolute atomic E-state index is 0.0504. The van der Waals surface area contributed by atoms with Gasteiger partial charge in [-0.1, -0.05) is 28.9 Å². The van der Waals surface area contributed by atoms with Crippen LogP contribution in [0.25, 0.3) is 0 Å². The van der Waals surface area contributed by atoms with E-state index in [0.29, 0.717) is 11.1 Å². The number of benzene rings is 1. The number of nitrogens with zero attached hydrogens (tertiary/aromatic N) is 2. The van der Waals surface area contributed by atoms with E-state index in [1.54, 1.807) is 6.07 Å². The third-order valence-electron chi connectivity index (χ3n) is 2.35. The van der Waals surface area contributed by atoms with Crippen LogP contribution in [0.4, 0.5) is 13.2 Å². The number of hydrogen-bond acceptors (Lipinski definition) is 3. The average Bonchev–Trinajstić information content (AvgIpc) is 2.28. The van der Waals surface area contributed by atoms with E-state index in [1.807, 2.05) is 0 Å². The van der Waals surface area contributed by atoms with Gasteiger partial charge in [0.05, 0.1) is 6.54 Å². The predicted octanol–water partition coefficient (Wildman–Crippen LogP) is 2.43. The van der Waals surface area contributed by atoms with Gasteiger partial charge in [-0.3, -0.25) is 4.90 Å². The van der Waals surface area contributed by atoms with Crippen molar-refractivity contribution in [3.63, 3.8) is 0 Å². The van der Waals surface area contributed by atoms with Crippen molar-refractivity contribution in [3.05, 3.63) is 34.3 Å². The SMILES string of the molecule is CN(Cc1ccc(/C(N)=N/O)cc1Cl)CC(F)(F)F. The van der Waals surface area contributed by atoms with Crippen LogP contribution in [0.5, 0.6) is 0 Å². The van der Waals surface area contributed by atoms with E-state index in [-0.39, 0.29) is 17.4 Å². The molecule has 4 nitrogen and oxygen atoms in total. The highest BCUT2D eigenvalue weighted by Crippen LogP contribution is 2.21. The molecule has 0 unspecified atom stereocenters. The quantitative estimate of drug-likeness (QED) is 0.388. The summed E-state index contributed by atoms with van der Waals surface area (Å²) in [5.74, 6) is -0.114. The number of hydrogen-bond donors (Lipinski definition) is 2. The Bertz CT molecular complexity index is 477. The zero-order chi connectivity index (χ0) is 14.6. The first-order valence-corrected chi connectivity index (χ1v) is 5.62. The summed E-state index contributed by atoms with van der Waals surface area (Å²) in [4.78, 5) is 1.10. The molecule has 0 saturated heterocycles. The molecule has 0 spiro atoms. The second-order valence-electron chi connectivity index (χ2n) is 4.08. The van der Waals surface area contributed by atoms with Crippen molar-refractivity contribution in [2.24, 2.45) is 10.9 Å². The van der Waals surface area contributed by atoms with Crippen LogP contribution >= 0.6 is 11.6 Å². The van der Waals surface area contributed by atoms with Gasteiger partial charge in [0.15, 0.2) is 5.84 Å². The van der Waals surface area contributed by atoms with Crippen LogP contribution in [-0.4, -0.2) is 35.7 Å². The van der Waals surface area contributed by atoms with E-state index in [2.05, 4.69) is 5.16 Å². The lowest BCUT2D eigenvalue weighted by Gasteiger charge is -2.19. The fraction of sp³-hybridized carbons (Fsp3) is 0.364. The van der Waals surface area contributed by atoms with E-state index in [4.69, 9.17) is 22.5 Å². The first-order chi connectivity index (χ1) is 8.73. The summed E-state index contributed by atoms with van der Waals surface area (Å²) >= 11 is 5.95. The highest BCUT2D eigenvalue weighted by atomic mass is 35.5. The Balaban J connectivity index is 2.81. The smallest absolute Gasteiger partial charge is 0.401 e. The van der Waals surface area contributed by atoms with E-state index in [0.717, 1.165) is 4.90 Å². The predicted molar refractivity (Wildman–Crippen MR) is 66.4 cm³/mol. The Morgan fingerprint density at radius 3 is 2.58 bits per heavy atom. The first kappa shape index (κ1) is 15.6. The molecule has 8 heteroatoms. The van der Waals surface area contributed by atoms with Crippen molar-refractivity contribution in [2.45, 2.75) is 12.7 Å². The van der Waals surface area contributed by atoms with Crippen LogP contribution in [0.1, 0.15) is 11.1 Å². The second kappa shape index (κ2) is 6.12. The van der Waals surface area contributed by atoms with Crippen LogP contribution in [0.15, 0.2) is 23.4 Å². The fourth-order valence-corrected chi connectivity index (χ4v) is 1.79. The summed E-state index contributed by atoms with van der Waals surface area (Å²) in [5.41, 5.74) is 6.31. The molecule has 19 heavy (non-hydrogen) atoms. The van der Waals surface area contributed by atoms with Gasteiger partial charge < -0.3 is 10.9 Å². The summed E-state index contributed by atoms with van der Waals surface area (Å²) in [6.45, 7) is -0.972. The number of rotatable bonds is 4. The van der Waals surface area contributed by atoms with Gasteiger partial charge in [0, 0.05) is 17.1 Å². The molecular formula is C11H13ClF3N3O. The minimum Gasteiger partial charge on any atom is -0.409 e. The molecule has 3 N–H and O–H groups in total. The second-order valence-corrected chi connectivity index (χ2v) is 4.49. The summed E-state index contributed by atoms with van der Waals surface area (Å²) in [6.07, 6.45) is -4.25. The number of alkyl halides is 3. The zero-order valence-electron chi connectivity index (χ0n) is 10.1. The minimum atomic E-state index is -4.25. The van der Waals surface area contributed by atoms with E-state index < -0.39 is 12.7 Å². The lowest BCUT2D eigenvalue weighted by molar-refractivity contribution is -0.144. The van der Waals surface area contributed by atoms with Crippen LogP contribution < -0.4 is 5.73 Å². The van der Waals surface area contributed by atoms with Crippen molar-refractivity contribution in [3.8, 4) is 0 Å². The molecular weight excluding hydrogens is 283 g/mol. The molecule has 0 atom stereocenters. The van der Waals surface area contributed by atoms with Gasteiger partial charge in [-0.15, -0.1) is 0 Å². The van der Waals surface area contributed by atoms with Crippen LogP contribution in [0.2, 0.25) is 5.02 Å². The number of nitrogens with two attached hydrogens (primary N) is 1. The normalized spacial score (nSPS) is 13.1. The maximum atomic E-state index is 12.2. The molecule has 0 saturated carbocycles. The Morgan fingerprint density at radius 1 is 1.47 bits per heavy atom. The van der Waals surface area contributed by atoms with Gasteiger partial charge in [-0.2, -0.15) is 13.2 Å². The monoisotopic (exact) mass is 295 g/mol. The molecule has 1 aromatic carbocycles. The summed E-state index contributed by atoms with van der Waals surface area (Å²) in [7, 11) is 1.35. The number of oxime groups is 1. The fourth-order valence-electron chi connectivity index (χ4n) is 1.55. The largest absolute Gasteiger partial charge is 0.409 e. The molecule has 0 radical (unpaired) electrons. The van der Waals surface area contributed by atoms with Crippen molar-refractivity contribution < 1.29 is 18.4 Å². The van der Waals surface area contributed by atoms with Gasteiger partial charge in [-0.25, -0.2) is 0 Å². The van der Waals surface area contributed by atoms with Crippen LogP contribution in [0, 0.1) is 0 Å². The molecule has 0 bridgehead atoms. The molecule has 0 amide bonds. The van der Waals surface area contributed by atoms with Crippen molar-refractivity contribution in [1.29, 1.82) is 0 Å². The third-order valence-corrected chi connectivity index (χ3v) is 2.70. The lowest BCUT2D eigenvalue weighted by Crippen LogP contribution is -2.30. The number of halogens is 4. The number of amidine groups is 1. The molecule has 106 valence electrons. The van der Waals surface area contributed by atoms with Gasteiger partial charge in [0.25, 0.3) is 0 Å². The van der Waals surface area contributed by atoms with E-state index in [9.17, 15) is 13.2 Å².